The summed E-state index contributed by atoms with van der Waals surface area (Å²) in [6.45, 7) is 6.50. The van der Waals surface area contributed by atoms with E-state index in [4.69, 9.17) is 9.97 Å². The predicted octanol–water partition coefficient (Wildman–Crippen LogP) is 11.2. The van der Waals surface area contributed by atoms with Gasteiger partial charge in [0.05, 0.1) is 5.69 Å². The molecule has 4 nitrogen and oxygen atoms in total. The van der Waals surface area contributed by atoms with E-state index in [0.29, 0.717) is 11.3 Å². The predicted molar refractivity (Wildman–Crippen MR) is 203 cm³/mol. The van der Waals surface area contributed by atoms with E-state index in [-0.39, 0.29) is 32.2 Å². The quantitative estimate of drug-likeness (QED) is 0.176. The van der Waals surface area contributed by atoms with Crippen LogP contribution in [-0.2, 0) is 26.5 Å². The van der Waals surface area contributed by atoms with Crippen LogP contribution >= 0.6 is 0 Å². The number of hydrogen-bond acceptors (Lipinski definition) is 3. The molecule has 1 N–H and O–H groups in total. The number of rotatable bonds is 5. The van der Waals surface area contributed by atoms with Crippen molar-refractivity contribution in [2.75, 3.05) is 0 Å². The standard InChI is InChI=1S/C46H34N3O.Pt/c1-29-14-7-8-19-34(29)33-27-39(47-40(28-33)37-24-23-36-35-20-9-10-21-38(35)46(2,3)42(36)45(37)50)31-17-13-18-32(26-31)43-44(30-15-5-4-6-16-30)49-25-12-11-22-41(49)48-43;/h4-25,27-28,50H,1-3H3;/q-1;. The Kier molecular flexibility index (Phi) is 8.08. The monoisotopic (exact) mass is 839 g/mol. The number of aromatic nitrogens is 3. The summed E-state index contributed by atoms with van der Waals surface area (Å²) >= 11 is 0. The third kappa shape index (κ3) is 5.34. The summed E-state index contributed by atoms with van der Waals surface area (Å²) in [5.74, 6) is 0.277. The third-order valence-corrected chi connectivity index (χ3v) is 10.2. The number of fused-ring (bicyclic) bond motifs is 4. The first kappa shape index (κ1) is 32.6. The number of aryl methyl sites for hydroxylation is 1. The molecule has 0 radical (unpaired) electrons. The van der Waals surface area contributed by atoms with Crippen molar-refractivity contribution in [1.29, 1.82) is 0 Å². The Morgan fingerprint density at radius 3 is 2.12 bits per heavy atom. The molecular formula is C46H34N3OPt-. The Hall–Kier alpha value is -5.57. The average molecular weight is 840 g/mol. The number of imidazole rings is 1. The van der Waals surface area contributed by atoms with E-state index in [1.807, 2.05) is 36.4 Å². The zero-order valence-corrected chi connectivity index (χ0v) is 30.7. The van der Waals surface area contributed by atoms with Gasteiger partial charge in [-0.1, -0.05) is 122 Å². The van der Waals surface area contributed by atoms with E-state index in [1.165, 1.54) is 16.7 Å². The summed E-state index contributed by atoms with van der Waals surface area (Å²) in [6.07, 6.45) is 2.06. The van der Waals surface area contributed by atoms with Gasteiger partial charge >= 0.3 is 0 Å². The molecule has 0 unspecified atom stereocenters. The van der Waals surface area contributed by atoms with Gasteiger partial charge in [0.2, 0.25) is 0 Å². The minimum atomic E-state index is -0.352. The van der Waals surface area contributed by atoms with Crippen LogP contribution in [0.3, 0.4) is 0 Å². The molecule has 0 aliphatic heterocycles. The SMILES string of the molecule is Cc1ccccc1-c1cc(-c2[c-]c(-c3nc4ccccn4c3-c3ccccc3)ccc2)nc(-c2ccc3c(c2O)C(C)(C)c2ccccc2-3)c1.[Pt]. The molecule has 0 saturated carbocycles. The van der Waals surface area contributed by atoms with Gasteiger partial charge in [0.1, 0.15) is 11.4 Å². The van der Waals surface area contributed by atoms with Crippen molar-refractivity contribution in [2.45, 2.75) is 26.2 Å². The van der Waals surface area contributed by atoms with Gasteiger partial charge in [-0.3, -0.25) is 9.97 Å². The normalized spacial score (nSPS) is 12.7. The maximum atomic E-state index is 12.1. The molecule has 0 fully saturated rings. The summed E-state index contributed by atoms with van der Waals surface area (Å²) in [5.41, 5.74) is 15.1. The van der Waals surface area contributed by atoms with Gasteiger partial charge in [0.25, 0.3) is 0 Å². The van der Waals surface area contributed by atoms with E-state index >= 15 is 0 Å². The zero-order chi connectivity index (χ0) is 34.0. The Labute approximate surface area is 312 Å². The van der Waals surface area contributed by atoms with Crippen LogP contribution in [0.1, 0.15) is 30.5 Å². The van der Waals surface area contributed by atoms with Gasteiger partial charge in [0, 0.05) is 60.9 Å². The van der Waals surface area contributed by atoms with Crippen LogP contribution < -0.4 is 0 Å². The number of pyridine rings is 2. The summed E-state index contributed by atoms with van der Waals surface area (Å²) < 4.78 is 2.14. The summed E-state index contributed by atoms with van der Waals surface area (Å²) in [7, 11) is 0. The van der Waals surface area contributed by atoms with Crippen LogP contribution in [0.25, 0.3) is 72.9 Å². The molecule has 0 atom stereocenters. The fraction of sp³-hybridized carbons (Fsp3) is 0.0870. The Bertz CT molecular complexity index is 2600. The van der Waals surface area contributed by atoms with Gasteiger partial charge in [-0.05, 0) is 70.1 Å². The van der Waals surface area contributed by atoms with Gasteiger partial charge in [-0.15, -0.1) is 24.3 Å². The van der Waals surface area contributed by atoms with Gasteiger partial charge in [0.15, 0.2) is 0 Å². The van der Waals surface area contributed by atoms with Crippen LogP contribution in [0.5, 0.6) is 5.75 Å². The number of nitrogens with zero attached hydrogens (tertiary/aromatic N) is 3. The molecule has 8 aromatic rings. The van der Waals surface area contributed by atoms with Gasteiger partial charge in [-0.2, -0.15) is 0 Å². The average Bonchev–Trinajstić information content (AvgIpc) is 3.65. The van der Waals surface area contributed by atoms with Gasteiger partial charge < -0.3 is 9.51 Å². The molecule has 51 heavy (non-hydrogen) atoms. The first-order chi connectivity index (χ1) is 24.4. The van der Waals surface area contributed by atoms with Crippen LogP contribution in [0.15, 0.2) is 146 Å². The third-order valence-electron chi connectivity index (χ3n) is 10.2. The van der Waals surface area contributed by atoms with Crippen molar-refractivity contribution < 1.29 is 26.2 Å². The molecular weight excluding hydrogens is 806 g/mol. The van der Waals surface area contributed by atoms with E-state index in [0.717, 1.165) is 61.7 Å². The second-order valence-electron chi connectivity index (χ2n) is 13.6. The topological polar surface area (TPSA) is 50.4 Å². The molecule has 3 aromatic heterocycles. The molecule has 0 spiro atoms. The summed E-state index contributed by atoms with van der Waals surface area (Å²) in [5, 5.41) is 12.1. The fourth-order valence-corrected chi connectivity index (χ4v) is 7.72. The fourth-order valence-electron chi connectivity index (χ4n) is 7.72. The van der Waals surface area contributed by atoms with Crippen molar-refractivity contribution in [3.63, 3.8) is 0 Å². The number of phenolic OH excluding ortho intramolecular Hbond substituents is 1. The largest absolute Gasteiger partial charge is 0.507 e. The molecule has 0 saturated heterocycles. The van der Waals surface area contributed by atoms with E-state index in [9.17, 15) is 5.11 Å². The Morgan fingerprint density at radius 2 is 1.29 bits per heavy atom. The van der Waals surface area contributed by atoms with Crippen molar-refractivity contribution in [3.8, 4) is 73.0 Å². The number of benzene rings is 5. The number of phenols is 1. The van der Waals surface area contributed by atoms with E-state index in [1.54, 1.807) is 0 Å². The van der Waals surface area contributed by atoms with Crippen LogP contribution in [0, 0.1) is 13.0 Å². The molecule has 250 valence electrons. The zero-order valence-electron chi connectivity index (χ0n) is 28.5. The minimum absolute atomic E-state index is 0. The minimum Gasteiger partial charge on any atom is -0.507 e. The first-order valence-corrected chi connectivity index (χ1v) is 17.0. The molecule has 0 bridgehead atoms. The summed E-state index contributed by atoms with van der Waals surface area (Å²) in [4.78, 5) is 10.3. The van der Waals surface area contributed by atoms with Gasteiger partial charge in [-0.25, -0.2) is 0 Å². The Morgan fingerprint density at radius 1 is 0.608 bits per heavy atom. The van der Waals surface area contributed by atoms with Crippen molar-refractivity contribution in [2.24, 2.45) is 0 Å². The molecule has 0 amide bonds. The van der Waals surface area contributed by atoms with E-state index < -0.39 is 0 Å². The van der Waals surface area contributed by atoms with Crippen molar-refractivity contribution >= 4 is 5.65 Å². The summed E-state index contributed by atoms with van der Waals surface area (Å²) in [6, 6.07) is 51.5. The number of hydrogen-bond donors (Lipinski definition) is 1. The second kappa shape index (κ2) is 12.6. The smallest absolute Gasteiger partial charge is 0.129 e. The molecule has 5 heteroatoms. The van der Waals surface area contributed by atoms with Crippen molar-refractivity contribution in [1.82, 2.24) is 14.4 Å². The van der Waals surface area contributed by atoms with Crippen molar-refractivity contribution in [3.05, 3.63) is 168 Å². The Balaban J connectivity index is 0.00000374. The maximum Gasteiger partial charge on any atom is 0.129 e. The van der Waals surface area contributed by atoms with Crippen LogP contribution in [0.2, 0.25) is 0 Å². The molecule has 1 aliphatic carbocycles. The van der Waals surface area contributed by atoms with E-state index in [2.05, 4.69) is 141 Å². The van der Waals surface area contributed by atoms with Crippen LogP contribution in [-0.4, -0.2) is 19.5 Å². The number of aromatic hydroxyl groups is 1. The first-order valence-electron chi connectivity index (χ1n) is 17.0. The molecule has 3 heterocycles. The molecule has 9 rings (SSSR count). The van der Waals surface area contributed by atoms with Crippen LogP contribution in [0.4, 0.5) is 0 Å². The second-order valence-corrected chi connectivity index (χ2v) is 13.6. The molecule has 1 aliphatic rings. The maximum absolute atomic E-state index is 12.1. The molecule has 5 aromatic carbocycles.